The van der Waals surface area contributed by atoms with Crippen molar-refractivity contribution in [3.05, 3.63) is 46.8 Å². The van der Waals surface area contributed by atoms with Gasteiger partial charge >= 0.3 is 0 Å². The summed E-state index contributed by atoms with van der Waals surface area (Å²) in [6, 6.07) is 8.10. The van der Waals surface area contributed by atoms with Crippen molar-refractivity contribution in [1.29, 1.82) is 0 Å². The van der Waals surface area contributed by atoms with E-state index in [0.29, 0.717) is 17.9 Å². The summed E-state index contributed by atoms with van der Waals surface area (Å²) in [5.41, 5.74) is 4.52. The van der Waals surface area contributed by atoms with Gasteiger partial charge in [-0.1, -0.05) is 24.3 Å². The molecule has 0 saturated heterocycles. The van der Waals surface area contributed by atoms with E-state index in [9.17, 15) is 9.59 Å². The number of aryl methyl sites for hydroxylation is 2. The highest BCUT2D eigenvalue weighted by molar-refractivity contribution is 6.39. The van der Waals surface area contributed by atoms with Crippen LogP contribution in [0.2, 0.25) is 0 Å². The highest BCUT2D eigenvalue weighted by atomic mass is 16.2. The molecule has 0 atom stereocenters. The molecule has 0 unspecified atom stereocenters. The molecule has 2 rings (SSSR count). The van der Waals surface area contributed by atoms with Gasteiger partial charge in [0, 0.05) is 6.92 Å². The lowest BCUT2D eigenvalue weighted by Crippen LogP contribution is -2.20. The van der Waals surface area contributed by atoms with Crippen molar-refractivity contribution in [1.82, 2.24) is 9.78 Å². The van der Waals surface area contributed by atoms with Crippen LogP contribution < -0.4 is 5.32 Å². The summed E-state index contributed by atoms with van der Waals surface area (Å²) in [5.74, 6) is -1.13. The number of nitrogens with one attached hydrogen (secondary N) is 1. The maximum atomic E-state index is 11.5. The summed E-state index contributed by atoms with van der Waals surface area (Å²) in [5, 5.41) is 7.08. The number of Topliss-reactive ketones (excluding diaryl/α,β-unsaturated/α-hetero) is 1. The van der Waals surface area contributed by atoms with Crippen molar-refractivity contribution in [2.75, 3.05) is 5.32 Å². The van der Waals surface area contributed by atoms with Gasteiger partial charge in [0.25, 0.3) is 5.91 Å². The van der Waals surface area contributed by atoms with E-state index in [4.69, 9.17) is 0 Å². The molecule has 110 valence electrons. The maximum absolute atomic E-state index is 11.5. The number of aromatic nitrogens is 2. The highest BCUT2D eigenvalue weighted by Crippen LogP contribution is 2.21. The smallest absolute Gasteiger partial charge is 0.291 e. The third-order valence-electron chi connectivity index (χ3n) is 3.52. The van der Waals surface area contributed by atoms with E-state index < -0.39 is 11.7 Å². The van der Waals surface area contributed by atoms with Crippen LogP contribution >= 0.6 is 0 Å². The molecule has 1 N–H and O–H groups in total. The molecule has 0 fully saturated rings. The van der Waals surface area contributed by atoms with Crippen molar-refractivity contribution in [2.45, 2.75) is 34.2 Å². The predicted molar refractivity (Wildman–Crippen MR) is 81.3 cm³/mol. The molecule has 5 heteroatoms. The first-order valence-electron chi connectivity index (χ1n) is 6.80. The summed E-state index contributed by atoms with van der Waals surface area (Å²) in [6.07, 6.45) is 0. The second-order valence-corrected chi connectivity index (χ2v) is 5.14. The fourth-order valence-corrected chi connectivity index (χ4v) is 2.18. The zero-order chi connectivity index (χ0) is 15.6. The molecule has 0 saturated carbocycles. The van der Waals surface area contributed by atoms with E-state index in [1.165, 1.54) is 18.1 Å². The number of benzene rings is 1. The fourth-order valence-electron chi connectivity index (χ4n) is 2.18. The molecule has 0 spiro atoms. The van der Waals surface area contributed by atoms with Crippen LogP contribution in [-0.2, 0) is 16.1 Å². The highest BCUT2D eigenvalue weighted by Gasteiger charge is 2.16. The number of anilines is 1. The number of ketones is 1. The average Bonchev–Trinajstić information content (AvgIpc) is 2.69. The lowest BCUT2D eigenvalue weighted by Gasteiger charge is -2.08. The Bertz CT molecular complexity index is 702. The largest absolute Gasteiger partial charge is 0.316 e. The van der Waals surface area contributed by atoms with Crippen LogP contribution in [0, 0.1) is 20.8 Å². The first-order chi connectivity index (χ1) is 9.90. The van der Waals surface area contributed by atoms with E-state index in [1.54, 1.807) is 0 Å². The van der Waals surface area contributed by atoms with Gasteiger partial charge in [0.15, 0.2) is 0 Å². The Morgan fingerprint density at radius 2 is 1.86 bits per heavy atom. The number of amides is 1. The second-order valence-electron chi connectivity index (χ2n) is 5.14. The predicted octanol–water partition coefficient (Wildman–Crippen LogP) is 2.38. The monoisotopic (exact) mass is 285 g/mol. The van der Waals surface area contributed by atoms with Crippen LogP contribution in [-0.4, -0.2) is 21.5 Å². The van der Waals surface area contributed by atoms with Crippen molar-refractivity contribution < 1.29 is 9.59 Å². The van der Waals surface area contributed by atoms with Gasteiger partial charge in [-0.05, 0) is 31.9 Å². The zero-order valence-electron chi connectivity index (χ0n) is 12.7. The molecule has 5 nitrogen and oxygen atoms in total. The Balaban J connectivity index is 2.29. The first-order valence-corrected chi connectivity index (χ1v) is 6.80. The lowest BCUT2D eigenvalue weighted by atomic mass is 10.1. The van der Waals surface area contributed by atoms with Crippen LogP contribution in [0.5, 0.6) is 0 Å². The Labute approximate surface area is 124 Å². The first kappa shape index (κ1) is 15.0. The Morgan fingerprint density at radius 3 is 2.48 bits per heavy atom. The second kappa shape index (κ2) is 5.91. The standard InChI is InChI=1S/C16H19N3O2/c1-10-7-5-6-8-14(10)9-19-12(3)15(11(2)18-19)17-16(21)13(4)20/h5-8H,9H2,1-4H3,(H,17,21). The maximum Gasteiger partial charge on any atom is 0.291 e. The number of hydrogen-bond acceptors (Lipinski definition) is 3. The van der Waals surface area contributed by atoms with Crippen LogP contribution in [0.15, 0.2) is 24.3 Å². The molecular weight excluding hydrogens is 266 g/mol. The van der Waals surface area contributed by atoms with Crippen LogP contribution in [0.4, 0.5) is 5.69 Å². The van der Waals surface area contributed by atoms with E-state index in [-0.39, 0.29) is 0 Å². The van der Waals surface area contributed by atoms with Gasteiger partial charge < -0.3 is 5.32 Å². The van der Waals surface area contributed by atoms with Crippen molar-refractivity contribution in [3.8, 4) is 0 Å². The minimum absolute atomic E-state index is 0.513. The van der Waals surface area contributed by atoms with E-state index >= 15 is 0 Å². The molecule has 0 bridgehead atoms. The molecule has 1 aromatic carbocycles. The van der Waals surface area contributed by atoms with E-state index in [0.717, 1.165) is 5.69 Å². The topological polar surface area (TPSA) is 64.0 Å². The summed E-state index contributed by atoms with van der Waals surface area (Å²) < 4.78 is 1.84. The molecule has 0 radical (unpaired) electrons. The van der Waals surface area contributed by atoms with Gasteiger partial charge in [0.2, 0.25) is 5.78 Å². The molecule has 0 aliphatic heterocycles. The summed E-state index contributed by atoms with van der Waals surface area (Å²) in [4.78, 5) is 22.6. The normalized spacial score (nSPS) is 10.5. The fraction of sp³-hybridized carbons (Fsp3) is 0.312. The van der Waals surface area contributed by atoms with Crippen molar-refractivity contribution in [2.24, 2.45) is 0 Å². The Hall–Kier alpha value is -2.43. The third kappa shape index (κ3) is 3.18. The van der Waals surface area contributed by atoms with E-state index in [1.807, 2.05) is 30.7 Å². The van der Waals surface area contributed by atoms with Crippen molar-refractivity contribution in [3.63, 3.8) is 0 Å². The van der Waals surface area contributed by atoms with Crippen LogP contribution in [0.3, 0.4) is 0 Å². The quantitative estimate of drug-likeness (QED) is 0.877. The molecule has 1 amide bonds. The molecule has 1 heterocycles. The number of nitrogens with zero attached hydrogens (tertiary/aromatic N) is 2. The minimum Gasteiger partial charge on any atom is -0.316 e. The number of carbonyl (C=O) groups excluding carboxylic acids is 2. The Morgan fingerprint density at radius 1 is 1.19 bits per heavy atom. The molecule has 0 aliphatic carbocycles. The van der Waals surface area contributed by atoms with Gasteiger partial charge in [-0.15, -0.1) is 0 Å². The molecular formula is C16H19N3O2. The Kier molecular flexibility index (Phi) is 4.21. The number of hydrogen-bond donors (Lipinski definition) is 1. The van der Waals surface area contributed by atoms with Gasteiger partial charge in [0.05, 0.1) is 23.6 Å². The van der Waals surface area contributed by atoms with Gasteiger partial charge in [-0.2, -0.15) is 5.10 Å². The summed E-state index contributed by atoms with van der Waals surface area (Å²) in [7, 11) is 0. The van der Waals surface area contributed by atoms with Gasteiger partial charge in [0.1, 0.15) is 0 Å². The molecule has 21 heavy (non-hydrogen) atoms. The van der Waals surface area contributed by atoms with Crippen molar-refractivity contribution >= 4 is 17.4 Å². The molecule has 1 aromatic heterocycles. The van der Waals surface area contributed by atoms with Crippen LogP contribution in [0.1, 0.15) is 29.4 Å². The van der Waals surface area contributed by atoms with Gasteiger partial charge in [-0.25, -0.2) is 0 Å². The molecule has 0 aliphatic rings. The minimum atomic E-state index is -0.614. The van der Waals surface area contributed by atoms with Crippen LogP contribution in [0.25, 0.3) is 0 Å². The summed E-state index contributed by atoms with van der Waals surface area (Å²) in [6.45, 7) is 7.64. The number of rotatable bonds is 4. The average molecular weight is 285 g/mol. The van der Waals surface area contributed by atoms with E-state index in [2.05, 4.69) is 29.5 Å². The molecule has 2 aromatic rings. The summed E-state index contributed by atoms with van der Waals surface area (Å²) >= 11 is 0. The SMILES string of the molecule is CC(=O)C(=O)Nc1c(C)nn(Cc2ccccc2C)c1C. The number of carbonyl (C=O) groups is 2. The zero-order valence-corrected chi connectivity index (χ0v) is 12.7. The lowest BCUT2D eigenvalue weighted by molar-refractivity contribution is -0.133. The third-order valence-corrected chi connectivity index (χ3v) is 3.52. The van der Waals surface area contributed by atoms with Gasteiger partial charge in [-0.3, -0.25) is 14.3 Å².